The minimum atomic E-state index is -4.54. The van der Waals surface area contributed by atoms with Crippen molar-refractivity contribution in [1.29, 1.82) is 0 Å². The molecule has 134 valence electrons. The number of fused-ring (bicyclic) bond motifs is 1. The minimum absolute atomic E-state index is 0.0796. The highest BCUT2D eigenvalue weighted by Crippen LogP contribution is 2.27. The van der Waals surface area contributed by atoms with Gasteiger partial charge in [0.1, 0.15) is 11.5 Å². The van der Waals surface area contributed by atoms with E-state index in [4.69, 9.17) is 9.84 Å². The van der Waals surface area contributed by atoms with Gasteiger partial charge in [-0.15, -0.1) is 0 Å². The second-order valence-electron chi connectivity index (χ2n) is 5.51. The summed E-state index contributed by atoms with van der Waals surface area (Å²) in [5, 5.41) is 12.9. The van der Waals surface area contributed by atoms with Gasteiger partial charge in [0, 0.05) is 19.0 Å². The summed E-state index contributed by atoms with van der Waals surface area (Å²) in [5.74, 6) is 0.377. The molecule has 0 aliphatic carbocycles. The quantitative estimate of drug-likeness (QED) is 0.843. The average molecular weight is 358 g/mol. The Morgan fingerprint density at radius 3 is 2.76 bits per heavy atom. The molecule has 0 spiro atoms. The molecular weight excluding hydrogens is 345 g/mol. The maximum atomic E-state index is 12.5. The van der Waals surface area contributed by atoms with Crippen molar-refractivity contribution >= 4 is 6.16 Å². The molecule has 0 saturated carbocycles. The van der Waals surface area contributed by atoms with Crippen LogP contribution in [0.25, 0.3) is 0 Å². The first-order chi connectivity index (χ1) is 11.8. The standard InChI is InChI=1S/C14H13F3N4O4/c15-14(16,17)9-5-4-8(6-18-9)7-20-12(22)21-10(19-20)2-1-3-11(21)25-13(23)24/h4-6,11H,1-3,7H2,(H,23,24)/t11-/m0/s1. The van der Waals surface area contributed by atoms with Gasteiger partial charge in [-0.05, 0) is 18.1 Å². The lowest BCUT2D eigenvalue weighted by Crippen LogP contribution is -2.33. The molecule has 0 amide bonds. The third-order valence-corrected chi connectivity index (χ3v) is 3.76. The minimum Gasteiger partial charge on any atom is -0.450 e. The smallest absolute Gasteiger partial charge is 0.450 e. The SMILES string of the molecule is O=C(O)O[C@H]1CCCc2nn(Cc3ccc(C(F)(F)F)nc3)c(=O)n21. The first-order valence-electron chi connectivity index (χ1n) is 7.35. The zero-order valence-electron chi connectivity index (χ0n) is 12.7. The maximum Gasteiger partial charge on any atom is 0.507 e. The molecule has 8 nitrogen and oxygen atoms in total. The highest BCUT2D eigenvalue weighted by atomic mass is 19.4. The van der Waals surface area contributed by atoms with Gasteiger partial charge in [-0.3, -0.25) is 4.98 Å². The lowest BCUT2D eigenvalue weighted by Gasteiger charge is -2.21. The summed E-state index contributed by atoms with van der Waals surface area (Å²) < 4.78 is 44.5. The van der Waals surface area contributed by atoms with E-state index in [0.29, 0.717) is 30.7 Å². The number of nitrogens with zero attached hydrogens (tertiary/aromatic N) is 4. The van der Waals surface area contributed by atoms with Crippen molar-refractivity contribution in [3.8, 4) is 0 Å². The van der Waals surface area contributed by atoms with Gasteiger partial charge < -0.3 is 9.84 Å². The lowest BCUT2D eigenvalue weighted by atomic mass is 10.1. The van der Waals surface area contributed by atoms with E-state index in [2.05, 4.69) is 10.1 Å². The van der Waals surface area contributed by atoms with Crippen molar-refractivity contribution in [3.63, 3.8) is 0 Å². The van der Waals surface area contributed by atoms with Crippen LogP contribution in [0.1, 0.15) is 36.2 Å². The van der Waals surface area contributed by atoms with Crippen molar-refractivity contribution in [2.75, 3.05) is 0 Å². The number of hydrogen-bond donors (Lipinski definition) is 1. The van der Waals surface area contributed by atoms with Crippen LogP contribution < -0.4 is 5.69 Å². The highest BCUT2D eigenvalue weighted by Gasteiger charge is 2.32. The predicted molar refractivity (Wildman–Crippen MR) is 75.9 cm³/mol. The fourth-order valence-corrected chi connectivity index (χ4v) is 2.68. The summed E-state index contributed by atoms with van der Waals surface area (Å²) in [7, 11) is 0. The number of ether oxygens (including phenoxy) is 1. The maximum absolute atomic E-state index is 12.5. The van der Waals surface area contributed by atoms with E-state index < -0.39 is 29.9 Å². The molecule has 0 bridgehead atoms. The summed E-state index contributed by atoms with van der Waals surface area (Å²) >= 11 is 0. The zero-order valence-corrected chi connectivity index (χ0v) is 12.7. The van der Waals surface area contributed by atoms with Gasteiger partial charge in [0.25, 0.3) is 0 Å². The number of aryl methyl sites for hydroxylation is 1. The molecule has 3 heterocycles. The van der Waals surface area contributed by atoms with Crippen LogP contribution in [-0.4, -0.2) is 30.6 Å². The molecule has 3 rings (SSSR count). The molecule has 0 fully saturated rings. The van der Waals surface area contributed by atoms with Crippen molar-refractivity contribution in [1.82, 2.24) is 19.3 Å². The fraction of sp³-hybridized carbons (Fsp3) is 0.429. The first-order valence-corrected chi connectivity index (χ1v) is 7.35. The molecule has 1 atom stereocenters. The average Bonchev–Trinajstić information content (AvgIpc) is 2.84. The Kier molecular flexibility index (Phi) is 4.23. The summed E-state index contributed by atoms with van der Waals surface area (Å²) in [5.41, 5.74) is -1.25. The summed E-state index contributed by atoms with van der Waals surface area (Å²) in [4.78, 5) is 26.5. The van der Waals surface area contributed by atoms with E-state index in [1.165, 1.54) is 6.07 Å². The Labute approximate surface area is 138 Å². The van der Waals surface area contributed by atoms with Crippen LogP contribution in [0.3, 0.4) is 0 Å². The van der Waals surface area contributed by atoms with E-state index in [1.807, 2.05) is 0 Å². The van der Waals surface area contributed by atoms with Crippen molar-refractivity contribution in [2.45, 2.75) is 38.2 Å². The van der Waals surface area contributed by atoms with E-state index in [9.17, 15) is 22.8 Å². The second kappa shape index (κ2) is 6.22. The lowest BCUT2D eigenvalue weighted by molar-refractivity contribution is -0.141. The van der Waals surface area contributed by atoms with Crippen LogP contribution in [0.2, 0.25) is 0 Å². The van der Waals surface area contributed by atoms with Gasteiger partial charge in [-0.25, -0.2) is 18.8 Å². The number of halogens is 3. The van der Waals surface area contributed by atoms with Gasteiger partial charge in [-0.2, -0.15) is 18.3 Å². The number of rotatable bonds is 3. The molecule has 1 aliphatic heterocycles. The molecule has 2 aromatic rings. The molecule has 1 aliphatic rings. The Hall–Kier alpha value is -2.85. The molecule has 1 N–H and O–H groups in total. The van der Waals surface area contributed by atoms with Crippen molar-refractivity contribution < 1.29 is 27.8 Å². The highest BCUT2D eigenvalue weighted by molar-refractivity contribution is 5.56. The van der Waals surface area contributed by atoms with Gasteiger partial charge in [0.05, 0.1) is 6.54 Å². The Balaban J connectivity index is 1.86. The number of carbonyl (C=O) groups is 1. The molecule has 0 radical (unpaired) electrons. The van der Waals surface area contributed by atoms with Crippen molar-refractivity contribution in [3.05, 3.63) is 45.9 Å². The molecule has 0 unspecified atom stereocenters. The summed E-state index contributed by atoms with van der Waals surface area (Å²) in [6, 6.07) is 2.04. The van der Waals surface area contributed by atoms with E-state index in [0.717, 1.165) is 21.5 Å². The monoisotopic (exact) mass is 358 g/mol. The zero-order chi connectivity index (χ0) is 18.2. The second-order valence-corrected chi connectivity index (χ2v) is 5.51. The number of alkyl halides is 3. The van der Waals surface area contributed by atoms with Gasteiger partial charge in [0.15, 0.2) is 6.23 Å². The van der Waals surface area contributed by atoms with Crippen molar-refractivity contribution in [2.24, 2.45) is 0 Å². The van der Waals surface area contributed by atoms with E-state index in [1.54, 1.807) is 0 Å². The molecule has 0 saturated heterocycles. The predicted octanol–water partition coefficient (Wildman–Crippen LogP) is 2.04. The van der Waals surface area contributed by atoms with Crippen LogP contribution >= 0.6 is 0 Å². The third kappa shape index (κ3) is 3.49. The third-order valence-electron chi connectivity index (χ3n) is 3.76. The fourth-order valence-electron chi connectivity index (χ4n) is 2.68. The van der Waals surface area contributed by atoms with Crippen LogP contribution in [0.4, 0.5) is 18.0 Å². The van der Waals surface area contributed by atoms with Crippen LogP contribution in [-0.2, 0) is 23.9 Å². The molecule has 2 aromatic heterocycles. The van der Waals surface area contributed by atoms with Gasteiger partial charge in [0.2, 0.25) is 0 Å². The summed E-state index contributed by atoms with van der Waals surface area (Å²) in [6.07, 6.45) is -4.52. The van der Waals surface area contributed by atoms with Crippen LogP contribution in [0, 0.1) is 0 Å². The molecule has 0 aromatic carbocycles. The van der Waals surface area contributed by atoms with E-state index >= 15 is 0 Å². The molecular formula is C14H13F3N4O4. The van der Waals surface area contributed by atoms with E-state index in [-0.39, 0.29) is 6.54 Å². The molecule has 25 heavy (non-hydrogen) atoms. The molecule has 11 heteroatoms. The number of pyridine rings is 1. The number of carboxylic acid groups (broad SMARTS) is 1. The summed E-state index contributed by atoms with van der Waals surface area (Å²) in [6.45, 7) is -0.0796. The Bertz CT molecular complexity index is 841. The number of hydrogen-bond acceptors (Lipinski definition) is 5. The van der Waals surface area contributed by atoms with Gasteiger partial charge >= 0.3 is 18.0 Å². The number of aromatic nitrogens is 4. The largest absolute Gasteiger partial charge is 0.507 e. The normalized spacial score (nSPS) is 17.2. The first kappa shape index (κ1) is 17.0. The van der Waals surface area contributed by atoms with Crippen LogP contribution in [0.15, 0.2) is 23.1 Å². The van der Waals surface area contributed by atoms with Gasteiger partial charge in [-0.1, -0.05) is 6.07 Å². The Morgan fingerprint density at radius 2 is 2.16 bits per heavy atom. The van der Waals surface area contributed by atoms with Crippen LogP contribution in [0.5, 0.6) is 0 Å². The Morgan fingerprint density at radius 1 is 1.40 bits per heavy atom. The topological polar surface area (TPSA) is 99.2 Å².